The zero-order valence-corrected chi connectivity index (χ0v) is 9.44. The smallest absolute Gasteiger partial charge is 0.0938 e. The number of aromatic nitrogens is 2. The number of halogens is 1. The molecule has 0 amide bonds. The van der Waals surface area contributed by atoms with Gasteiger partial charge in [0.15, 0.2) is 0 Å². The second-order valence-electron chi connectivity index (χ2n) is 2.76. The Morgan fingerprint density at radius 3 is 2.93 bits per heavy atom. The van der Waals surface area contributed by atoms with Gasteiger partial charge in [-0.15, -0.1) is 11.3 Å². The van der Waals surface area contributed by atoms with E-state index in [4.69, 9.17) is 11.6 Å². The lowest BCUT2D eigenvalue weighted by Crippen LogP contribution is -1.99. The molecule has 1 unspecified atom stereocenters. The molecule has 2 aromatic heterocycles. The van der Waals surface area contributed by atoms with Gasteiger partial charge in [0.2, 0.25) is 0 Å². The maximum atomic E-state index is 9.79. The molecule has 0 saturated carbocycles. The van der Waals surface area contributed by atoms with Crippen molar-refractivity contribution < 1.29 is 5.11 Å². The van der Waals surface area contributed by atoms with Crippen molar-refractivity contribution in [2.45, 2.75) is 12.5 Å². The van der Waals surface area contributed by atoms with E-state index in [1.807, 2.05) is 6.07 Å². The fourth-order valence-electron chi connectivity index (χ4n) is 1.08. The van der Waals surface area contributed by atoms with Crippen LogP contribution in [0.5, 0.6) is 0 Å². The van der Waals surface area contributed by atoms with E-state index in [9.17, 15) is 5.11 Å². The second kappa shape index (κ2) is 4.35. The van der Waals surface area contributed by atoms with Gasteiger partial charge in [-0.2, -0.15) is 8.75 Å². The van der Waals surface area contributed by atoms with Crippen molar-refractivity contribution in [1.82, 2.24) is 8.75 Å². The lowest BCUT2D eigenvalue weighted by Gasteiger charge is -2.04. The number of rotatable bonds is 3. The average Bonchev–Trinajstić information content (AvgIpc) is 2.75. The number of hydrogen-bond acceptors (Lipinski definition) is 5. The van der Waals surface area contributed by atoms with Gasteiger partial charge in [0.25, 0.3) is 0 Å². The molecule has 2 aromatic rings. The Morgan fingerprint density at radius 2 is 2.36 bits per heavy atom. The van der Waals surface area contributed by atoms with Crippen molar-refractivity contribution >= 4 is 34.7 Å². The summed E-state index contributed by atoms with van der Waals surface area (Å²) in [6.45, 7) is 0. The lowest BCUT2D eigenvalue weighted by atomic mass is 10.2. The highest BCUT2D eigenvalue weighted by atomic mass is 35.5. The van der Waals surface area contributed by atoms with Crippen LogP contribution in [0.3, 0.4) is 0 Å². The van der Waals surface area contributed by atoms with Gasteiger partial charge in [-0.05, 0) is 12.1 Å². The summed E-state index contributed by atoms with van der Waals surface area (Å²) in [5, 5.41) is 9.79. The van der Waals surface area contributed by atoms with Gasteiger partial charge in [-0.1, -0.05) is 11.6 Å². The minimum absolute atomic E-state index is 0.493. The van der Waals surface area contributed by atoms with Crippen LogP contribution in [0.15, 0.2) is 18.3 Å². The molecule has 0 fully saturated rings. The maximum Gasteiger partial charge on any atom is 0.0938 e. The average molecular weight is 247 g/mol. The first-order valence-electron chi connectivity index (χ1n) is 3.95. The van der Waals surface area contributed by atoms with Crippen molar-refractivity contribution in [3.05, 3.63) is 33.2 Å². The van der Waals surface area contributed by atoms with Crippen LogP contribution in [0.25, 0.3) is 0 Å². The van der Waals surface area contributed by atoms with Crippen molar-refractivity contribution in [3.8, 4) is 0 Å². The zero-order chi connectivity index (χ0) is 9.97. The van der Waals surface area contributed by atoms with E-state index in [0.29, 0.717) is 10.8 Å². The topological polar surface area (TPSA) is 46.0 Å². The molecule has 0 aromatic carbocycles. The van der Waals surface area contributed by atoms with E-state index in [1.165, 1.54) is 11.3 Å². The summed E-state index contributed by atoms with van der Waals surface area (Å²) in [6, 6.07) is 3.61. The number of thiophene rings is 1. The van der Waals surface area contributed by atoms with Crippen LogP contribution in [0, 0.1) is 0 Å². The summed E-state index contributed by atoms with van der Waals surface area (Å²) in [4.78, 5) is 0.864. The molecule has 0 aliphatic heterocycles. The summed E-state index contributed by atoms with van der Waals surface area (Å²) < 4.78 is 8.59. The molecule has 2 heterocycles. The first-order valence-corrected chi connectivity index (χ1v) is 5.88. The third kappa shape index (κ3) is 2.30. The zero-order valence-electron chi connectivity index (χ0n) is 7.05. The van der Waals surface area contributed by atoms with Gasteiger partial charge >= 0.3 is 0 Å². The SMILES string of the molecule is OC(Cc1cnsn1)c1ccc(Cl)s1. The third-order valence-corrected chi connectivity index (χ3v) is 3.58. The molecule has 0 spiro atoms. The summed E-state index contributed by atoms with van der Waals surface area (Å²) in [5.74, 6) is 0. The molecule has 0 aliphatic carbocycles. The van der Waals surface area contributed by atoms with Crippen LogP contribution in [0.4, 0.5) is 0 Å². The van der Waals surface area contributed by atoms with Crippen molar-refractivity contribution in [2.24, 2.45) is 0 Å². The Kier molecular flexibility index (Phi) is 3.12. The molecule has 0 bridgehead atoms. The highest BCUT2D eigenvalue weighted by Gasteiger charge is 2.12. The first kappa shape index (κ1) is 10.0. The summed E-state index contributed by atoms with van der Waals surface area (Å²) in [6.07, 6.45) is 1.63. The van der Waals surface area contributed by atoms with E-state index < -0.39 is 6.10 Å². The Bertz CT molecular complexity index is 401. The van der Waals surface area contributed by atoms with Crippen LogP contribution in [-0.4, -0.2) is 13.9 Å². The minimum atomic E-state index is -0.531. The number of aliphatic hydroxyl groups is 1. The molecule has 2 rings (SSSR count). The molecule has 14 heavy (non-hydrogen) atoms. The molecule has 6 heteroatoms. The van der Waals surface area contributed by atoms with Gasteiger partial charge < -0.3 is 5.11 Å². The molecular weight excluding hydrogens is 240 g/mol. The number of nitrogens with zero attached hydrogens (tertiary/aromatic N) is 2. The Labute approximate surface area is 94.3 Å². The highest BCUT2D eigenvalue weighted by Crippen LogP contribution is 2.28. The van der Waals surface area contributed by atoms with Crippen LogP contribution in [0.1, 0.15) is 16.7 Å². The molecule has 0 saturated heterocycles. The Balaban J connectivity index is 2.06. The van der Waals surface area contributed by atoms with Crippen LogP contribution in [-0.2, 0) is 6.42 Å². The van der Waals surface area contributed by atoms with E-state index in [1.54, 1.807) is 12.3 Å². The van der Waals surface area contributed by atoms with Crippen molar-refractivity contribution in [1.29, 1.82) is 0 Å². The Morgan fingerprint density at radius 1 is 1.50 bits per heavy atom. The van der Waals surface area contributed by atoms with Gasteiger partial charge in [0.1, 0.15) is 0 Å². The lowest BCUT2D eigenvalue weighted by molar-refractivity contribution is 0.181. The maximum absolute atomic E-state index is 9.79. The molecule has 0 aliphatic rings. The monoisotopic (exact) mass is 246 g/mol. The fourth-order valence-corrected chi connectivity index (χ4v) is 2.57. The van der Waals surface area contributed by atoms with Crippen LogP contribution < -0.4 is 0 Å². The predicted octanol–water partition coefficient (Wildman–Crippen LogP) is 2.53. The summed E-state index contributed by atoms with van der Waals surface area (Å²) >= 11 is 8.30. The van der Waals surface area contributed by atoms with E-state index in [-0.39, 0.29) is 0 Å². The molecule has 1 N–H and O–H groups in total. The predicted molar refractivity (Wildman–Crippen MR) is 57.9 cm³/mol. The molecular formula is C8H7ClN2OS2. The Hall–Kier alpha value is -0.490. The molecule has 74 valence electrons. The largest absolute Gasteiger partial charge is 0.387 e. The van der Waals surface area contributed by atoms with E-state index >= 15 is 0 Å². The normalized spacial score (nSPS) is 13.0. The second-order valence-corrected chi connectivity index (χ2v) is 5.06. The van der Waals surface area contributed by atoms with Gasteiger partial charge in [0, 0.05) is 11.3 Å². The molecule has 3 nitrogen and oxygen atoms in total. The number of hydrogen-bond donors (Lipinski definition) is 1. The molecule has 0 radical (unpaired) electrons. The van der Waals surface area contributed by atoms with Crippen molar-refractivity contribution in [3.63, 3.8) is 0 Å². The van der Waals surface area contributed by atoms with Gasteiger partial charge in [-0.3, -0.25) is 0 Å². The van der Waals surface area contributed by atoms with E-state index in [2.05, 4.69) is 8.75 Å². The molecule has 1 atom stereocenters. The standard InChI is InChI=1S/C8H7ClN2OS2/c9-8-2-1-7(13-8)6(12)3-5-4-10-14-11-5/h1-2,4,6,12H,3H2. The van der Waals surface area contributed by atoms with Crippen LogP contribution >= 0.6 is 34.7 Å². The van der Waals surface area contributed by atoms with E-state index in [0.717, 1.165) is 22.3 Å². The highest BCUT2D eigenvalue weighted by molar-refractivity contribution is 7.16. The van der Waals surface area contributed by atoms with Crippen molar-refractivity contribution in [2.75, 3.05) is 0 Å². The fraction of sp³-hybridized carbons (Fsp3) is 0.250. The van der Waals surface area contributed by atoms with Crippen LogP contribution in [0.2, 0.25) is 4.34 Å². The third-order valence-electron chi connectivity index (χ3n) is 1.73. The van der Waals surface area contributed by atoms with Gasteiger partial charge in [0.05, 0.1) is 34.1 Å². The first-order chi connectivity index (χ1) is 6.75. The van der Waals surface area contributed by atoms with Gasteiger partial charge in [-0.25, -0.2) is 0 Å². The summed E-state index contributed by atoms with van der Waals surface area (Å²) in [7, 11) is 0. The number of aliphatic hydroxyl groups excluding tert-OH is 1. The minimum Gasteiger partial charge on any atom is -0.387 e. The quantitative estimate of drug-likeness (QED) is 0.905. The summed E-state index contributed by atoms with van der Waals surface area (Å²) in [5.41, 5.74) is 0.812.